The third-order valence-corrected chi connectivity index (χ3v) is 5.28. The molecule has 1 aliphatic rings. The summed E-state index contributed by atoms with van der Waals surface area (Å²) in [6.45, 7) is 6.77. The zero-order valence-electron chi connectivity index (χ0n) is 18.6. The largest absolute Gasteiger partial charge is 0.481 e. The van der Waals surface area contributed by atoms with Crippen LogP contribution in [0.2, 0.25) is 0 Å². The lowest BCUT2D eigenvalue weighted by molar-refractivity contribution is 0.0197. The topological polar surface area (TPSA) is 115 Å². The van der Waals surface area contributed by atoms with Crippen molar-refractivity contribution in [1.29, 1.82) is 0 Å². The average Bonchev–Trinajstić information content (AvgIpc) is 3.39. The van der Waals surface area contributed by atoms with Crippen molar-refractivity contribution in [3.63, 3.8) is 0 Å². The molecule has 1 saturated heterocycles. The highest BCUT2D eigenvalue weighted by atomic mass is 16.6. The lowest BCUT2D eigenvalue weighted by Gasteiger charge is -2.34. The van der Waals surface area contributed by atoms with E-state index in [1.165, 1.54) is 6.21 Å². The first-order valence-electron chi connectivity index (χ1n) is 10.5. The molecular weight excluding hydrogens is 414 g/mol. The molecule has 0 radical (unpaired) electrons. The van der Waals surface area contributed by atoms with Gasteiger partial charge < -0.3 is 24.0 Å². The monoisotopic (exact) mass is 441 g/mol. The number of nitrogens with zero attached hydrogens (tertiary/aromatic N) is 5. The van der Waals surface area contributed by atoms with E-state index in [1.54, 1.807) is 35.1 Å². The minimum absolute atomic E-state index is 0.0411. The number of fused-ring (bicyclic) bond motifs is 1. The Morgan fingerprint density at radius 1 is 1.38 bits per heavy atom. The summed E-state index contributed by atoms with van der Waals surface area (Å²) in [6.07, 6.45) is 5.90. The summed E-state index contributed by atoms with van der Waals surface area (Å²) in [5.74, 6) is 0.996. The number of ether oxygens (including phenoxy) is 2. The number of furan rings is 1. The molecule has 1 N–H and O–H groups in total. The van der Waals surface area contributed by atoms with Gasteiger partial charge in [-0.15, -0.1) is 0 Å². The Morgan fingerprint density at radius 2 is 2.19 bits per heavy atom. The van der Waals surface area contributed by atoms with E-state index in [1.807, 2.05) is 26.8 Å². The first kappa shape index (κ1) is 21.7. The summed E-state index contributed by atoms with van der Waals surface area (Å²) >= 11 is 0. The van der Waals surface area contributed by atoms with E-state index in [9.17, 15) is 4.79 Å². The second-order valence-electron chi connectivity index (χ2n) is 8.76. The van der Waals surface area contributed by atoms with Crippen molar-refractivity contribution in [1.82, 2.24) is 19.5 Å². The van der Waals surface area contributed by atoms with E-state index >= 15 is 0 Å². The molecule has 0 bridgehead atoms. The molecule has 1 fully saturated rings. The molecule has 0 saturated carbocycles. The third-order valence-electron chi connectivity index (χ3n) is 5.28. The fourth-order valence-electron chi connectivity index (χ4n) is 3.84. The Morgan fingerprint density at radius 3 is 2.91 bits per heavy atom. The molecule has 0 spiro atoms. The van der Waals surface area contributed by atoms with E-state index < -0.39 is 5.60 Å². The highest BCUT2D eigenvalue weighted by Crippen LogP contribution is 2.32. The summed E-state index contributed by atoms with van der Waals surface area (Å²) < 4.78 is 18.1. The number of amides is 1. The van der Waals surface area contributed by atoms with E-state index in [-0.39, 0.29) is 12.0 Å². The second kappa shape index (κ2) is 8.52. The first-order chi connectivity index (χ1) is 15.3. The maximum absolute atomic E-state index is 12.6. The SMILES string of the molecule is COc1cc(C2CCCN(C(=O)OC(C)(C)C)C2)nc2c(-c3coc(C=NO)c3)cnn12. The summed E-state index contributed by atoms with van der Waals surface area (Å²) in [5, 5.41) is 16.1. The lowest BCUT2D eigenvalue weighted by atomic mass is 9.94. The second-order valence-corrected chi connectivity index (χ2v) is 8.76. The Labute approximate surface area is 185 Å². The van der Waals surface area contributed by atoms with Gasteiger partial charge in [0.25, 0.3) is 0 Å². The Kier molecular flexibility index (Phi) is 5.77. The molecule has 4 rings (SSSR count). The Bertz CT molecular complexity index is 1140. The normalized spacial score (nSPS) is 17.2. The van der Waals surface area contributed by atoms with Crippen LogP contribution in [0.1, 0.15) is 51.0 Å². The summed E-state index contributed by atoms with van der Waals surface area (Å²) in [4.78, 5) is 19.2. The van der Waals surface area contributed by atoms with Crippen molar-refractivity contribution in [3.8, 4) is 17.0 Å². The van der Waals surface area contributed by atoms with Crippen LogP contribution in [0.4, 0.5) is 4.79 Å². The van der Waals surface area contributed by atoms with Crippen molar-refractivity contribution in [2.75, 3.05) is 20.2 Å². The number of carbonyl (C=O) groups is 1. The van der Waals surface area contributed by atoms with E-state index in [0.717, 1.165) is 29.7 Å². The van der Waals surface area contributed by atoms with Crippen LogP contribution in [0.25, 0.3) is 16.8 Å². The minimum Gasteiger partial charge on any atom is -0.481 e. The number of hydrogen-bond acceptors (Lipinski definition) is 8. The zero-order valence-corrected chi connectivity index (χ0v) is 18.6. The number of methoxy groups -OCH3 is 1. The smallest absolute Gasteiger partial charge is 0.410 e. The van der Waals surface area contributed by atoms with Crippen molar-refractivity contribution in [3.05, 3.63) is 36.0 Å². The molecular formula is C22H27N5O5. The molecule has 1 aliphatic heterocycles. The Hall–Kier alpha value is -3.56. The summed E-state index contributed by atoms with van der Waals surface area (Å²) in [5.41, 5.74) is 2.40. The number of oxime groups is 1. The van der Waals surface area contributed by atoms with E-state index in [0.29, 0.717) is 30.4 Å². The molecule has 10 heteroatoms. The molecule has 32 heavy (non-hydrogen) atoms. The highest BCUT2D eigenvalue weighted by molar-refractivity contribution is 5.82. The van der Waals surface area contributed by atoms with Crippen LogP contribution in [0.3, 0.4) is 0 Å². The predicted molar refractivity (Wildman–Crippen MR) is 116 cm³/mol. The number of piperidine rings is 1. The van der Waals surface area contributed by atoms with Crippen LogP contribution in [-0.4, -0.2) is 62.8 Å². The van der Waals surface area contributed by atoms with Gasteiger partial charge in [0.1, 0.15) is 17.6 Å². The lowest BCUT2D eigenvalue weighted by Crippen LogP contribution is -2.42. The number of likely N-dealkylation sites (tertiary alicyclic amines) is 1. The molecule has 1 amide bonds. The molecule has 1 unspecified atom stereocenters. The maximum Gasteiger partial charge on any atom is 0.410 e. The summed E-state index contributed by atoms with van der Waals surface area (Å²) in [6, 6.07) is 3.61. The van der Waals surface area contributed by atoms with Crippen molar-refractivity contribution >= 4 is 18.0 Å². The molecule has 4 heterocycles. The minimum atomic E-state index is -0.541. The van der Waals surface area contributed by atoms with Crippen molar-refractivity contribution in [2.24, 2.45) is 5.16 Å². The average molecular weight is 441 g/mol. The van der Waals surface area contributed by atoms with Crippen LogP contribution in [-0.2, 0) is 4.74 Å². The van der Waals surface area contributed by atoms with Crippen molar-refractivity contribution < 1.29 is 23.9 Å². The van der Waals surface area contributed by atoms with Gasteiger partial charge in [0.2, 0.25) is 5.88 Å². The van der Waals surface area contributed by atoms with Gasteiger partial charge in [-0.3, -0.25) is 0 Å². The molecule has 0 aromatic carbocycles. The number of rotatable bonds is 4. The van der Waals surface area contributed by atoms with Gasteiger partial charge in [-0.2, -0.15) is 9.61 Å². The molecule has 3 aromatic heterocycles. The molecule has 10 nitrogen and oxygen atoms in total. The van der Waals surface area contributed by atoms with Gasteiger partial charge in [0.05, 0.1) is 25.3 Å². The maximum atomic E-state index is 12.6. The van der Waals surface area contributed by atoms with Gasteiger partial charge >= 0.3 is 6.09 Å². The number of aromatic nitrogens is 3. The van der Waals surface area contributed by atoms with Crippen LogP contribution in [0.15, 0.2) is 34.2 Å². The van der Waals surface area contributed by atoms with Crippen LogP contribution in [0, 0.1) is 0 Å². The van der Waals surface area contributed by atoms with Crippen molar-refractivity contribution in [2.45, 2.75) is 45.1 Å². The number of carbonyl (C=O) groups excluding carboxylic acids is 1. The molecule has 1 atom stereocenters. The van der Waals surface area contributed by atoms with Crippen LogP contribution < -0.4 is 4.74 Å². The van der Waals surface area contributed by atoms with Crippen LogP contribution >= 0.6 is 0 Å². The number of hydrogen-bond donors (Lipinski definition) is 1. The van der Waals surface area contributed by atoms with Gasteiger partial charge in [0, 0.05) is 36.2 Å². The van der Waals surface area contributed by atoms with Gasteiger partial charge in [-0.1, -0.05) is 5.16 Å². The summed E-state index contributed by atoms with van der Waals surface area (Å²) in [7, 11) is 1.58. The van der Waals surface area contributed by atoms with Gasteiger partial charge in [-0.05, 0) is 39.7 Å². The Balaban J connectivity index is 1.67. The van der Waals surface area contributed by atoms with Gasteiger partial charge in [-0.25, -0.2) is 9.78 Å². The van der Waals surface area contributed by atoms with Crippen LogP contribution in [0.5, 0.6) is 5.88 Å². The molecule has 0 aliphatic carbocycles. The standard InChI is InChI=1S/C22H27N5O5/c1-22(2,3)32-21(28)26-7-5-6-14(12-26)18-9-19(30-4)27-20(25-18)17(11-23-27)15-8-16(10-24-29)31-13-15/h8-11,13-14,29H,5-7,12H2,1-4H3. The fourth-order valence-corrected chi connectivity index (χ4v) is 3.84. The highest BCUT2D eigenvalue weighted by Gasteiger charge is 2.30. The third kappa shape index (κ3) is 4.39. The quantitative estimate of drug-likeness (QED) is 0.371. The van der Waals surface area contributed by atoms with Gasteiger partial charge in [0.15, 0.2) is 5.65 Å². The van der Waals surface area contributed by atoms with E-state index in [4.69, 9.17) is 24.1 Å². The fraction of sp³-hybridized carbons (Fsp3) is 0.455. The van der Waals surface area contributed by atoms with E-state index in [2.05, 4.69) is 10.3 Å². The zero-order chi connectivity index (χ0) is 22.9. The molecule has 3 aromatic rings. The first-order valence-corrected chi connectivity index (χ1v) is 10.5. The predicted octanol–water partition coefficient (Wildman–Crippen LogP) is 3.92. The molecule has 170 valence electrons.